The molecule has 1 saturated carbocycles. The van der Waals surface area contributed by atoms with Crippen molar-refractivity contribution in [2.24, 2.45) is 16.8 Å². The smallest absolute Gasteiger partial charge is 0.263 e. The maximum atomic E-state index is 12.1. The van der Waals surface area contributed by atoms with Gasteiger partial charge in [-0.3, -0.25) is 4.79 Å². The van der Waals surface area contributed by atoms with Crippen molar-refractivity contribution in [3.05, 3.63) is 21.9 Å². The van der Waals surface area contributed by atoms with Gasteiger partial charge >= 0.3 is 0 Å². The van der Waals surface area contributed by atoms with E-state index in [4.69, 9.17) is 10.6 Å². The number of carbonyl (C=O) groups excluding carboxylic acids is 1. The van der Waals surface area contributed by atoms with Crippen LogP contribution in [0.3, 0.4) is 0 Å². The van der Waals surface area contributed by atoms with Crippen molar-refractivity contribution >= 4 is 23.1 Å². The monoisotopic (exact) mass is 307 g/mol. The molecular formula is C15H21N3O2S. The van der Waals surface area contributed by atoms with Crippen molar-refractivity contribution in [2.45, 2.75) is 38.6 Å². The van der Waals surface area contributed by atoms with Crippen molar-refractivity contribution in [1.29, 1.82) is 0 Å². The number of nitrogens with zero attached hydrogens (tertiary/aromatic N) is 2. The molecule has 114 valence electrons. The van der Waals surface area contributed by atoms with Crippen molar-refractivity contribution in [2.75, 3.05) is 13.2 Å². The molecule has 2 heterocycles. The van der Waals surface area contributed by atoms with E-state index in [9.17, 15) is 4.79 Å². The van der Waals surface area contributed by atoms with Gasteiger partial charge in [-0.25, -0.2) is 0 Å². The average Bonchev–Trinajstić information content (AvgIpc) is 3.17. The summed E-state index contributed by atoms with van der Waals surface area (Å²) in [7, 11) is 0. The van der Waals surface area contributed by atoms with Crippen LogP contribution in [0, 0.1) is 5.92 Å². The number of fused-ring (bicyclic) bond motifs is 1. The highest BCUT2D eigenvalue weighted by atomic mass is 32.1. The normalized spacial score (nSPS) is 19.6. The molecule has 1 aliphatic heterocycles. The Bertz CT molecular complexity index is 535. The van der Waals surface area contributed by atoms with Gasteiger partial charge in [-0.05, 0) is 36.3 Å². The lowest BCUT2D eigenvalue weighted by molar-refractivity contribution is -0.137. The predicted molar refractivity (Wildman–Crippen MR) is 83.0 cm³/mol. The van der Waals surface area contributed by atoms with Crippen LogP contribution >= 0.6 is 11.3 Å². The Hall–Kier alpha value is -1.56. The third-order valence-electron chi connectivity index (χ3n) is 4.29. The number of hydrogen-bond acceptors (Lipinski definition) is 4. The molecule has 0 unspecified atom stereocenters. The molecule has 1 fully saturated rings. The molecule has 3 rings (SSSR count). The highest BCUT2D eigenvalue weighted by molar-refractivity contribution is 7.10. The number of amidine groups is 1. The van der Waals surface area contributed by atoms with Crippen molar-refractivity contribution in [3.8, 4) is 0 Å². The standard InChI is InChI=1S/C15H21N3O2S/c16-15(11-3-1-2-4-11)17-20-10-14(19)18-7-5-13-12(9-18)6-8-21-13/h6,8,11H,1-5,7,9-10H2,(H2,16,17). The molecule has 0 aromatic carbocycles. The van der Waals surface area contributed by atoms with Crippen LogP contribution in [0.5, 0.6) is 0 Å². The summed E-state index contributed by atoms with van der Waals surface area (Å²) in [4.78, 5) is 20.5. The summed E-state index contributed by atoms with van der Waals surface area (Å²) >= 11 is 1.77. The fraction of sp³-hybridized carbons (Fsp3) is 0.600. The van der Waals surface area contributed by atoms with Gasteiger partial charge in [0.25, 0.3) is 5.91 Å². The molecule has 2 N–H and O–H groups in total. The number of rotatable bonds is 4. The maximum Gasteiger partial charge on any atom is 0.263 e. The second kappa shape index (κ2) is 6.47. The zero-order valence-corrected chi connectivity index (χ0v) is 12.9. The Labute approximate surface area is 128 Å². The van der Waals surface area contributed by atoms with Gasteiger partial charge in [-0.15, -0.1) is 11.3 Å². The summed E-state index contributed by atoms with van der Waals surface area (Å²) in [5.74, 6) is 0.859. The van der Waals surface area contributed by atoms with Crippen LogP contribution in [-0.2, 0) is 22.6 Å². The Kier molecular flexibility index (Phi) is 4.43. The zero-order chi connectivity index (χ0) is 14.7. The van der Waals surface area contributed by atoms with Gasteiger partial charge in [0, 0.05) is 23.9 Å². The Balaban J connectivity index is 1.47. The predicted octanol–water partition coefficient (Wildman–Crippen LogP) is 2.11. The fourth-order valence-corrected chi connectivity index (χ4v) is 3.90. The average molecular weight is 307 g/mol. The number of oxime groups is 1. The summed E-state index contributed by atoms with van der Waals surface area (Å²) < 4.78 is 0. The molecule has 0 saturated heterocycles. The second-order valence-corrected chi connectivity index (χ2v) is 6.71. The third-order valence-corrected chi connectivity index (χ3v) is 5.31. The molecule has 21 heavy (non-hydrogen) atoms. The first-order chi connectivity index (χ1) is 10.2. The van der Waals surface area contributed by atoms with Gasteiger partial charge in [0.05, 0.1) is 0 Å². The van der Waals surface area contributed by atoms with Crippen LogP contribution in [0.15, 0.2) is 16.6 Å². The molecule has 0 spiro atoms. The van der Waals surface area contributed by atoms with Gasteiger partial charge in [0.1, 0.15) is 5.84 Å². The van der Waals surface area contributed by atoms with E-state index in [1.54, 1.807) is 11.3 Å². The molecule has 1 aliphatic carbocycles. The van der Waals surface area contributed by atoms with E-state index in [1.165, 1.54) is 23.3 Å². The minimum Gasteiger partial charge on any atom is -0.384 e. The summed E-state index contributed by atoms with van der Waals surface area (Å²) in [5.41, 5.74) is 7.15. The zero-order valence-electron chi connectivity index (χ0n) is 12.1. The van der Waals surface area contributed by atoms with Crippen molar-refractivity contribution in [1.82, 2.24) is 4.90 Å². The van der Waals surface area contributed by atoms with E-state index in [-0.39, 0.29) is 12.5 Å². The van der Waals surface area contributed by atoms with Gasteiger partial charge in [-0.1, -0.05) is 18.0 Å². The minimum atomic E-state index is -0.0209. The first-order valence-electron chi connectivity index (χ1n) is 7.52. The largest absolute Gasteiger partial charge is 0.384 e. The van der Waals surface area contributed by atoms with E-state index >= 15 is 0 Å². The van der Waals surface area contributed by atoms with Gasteiger partial charge < -0.3 is 15.5 Å². The minimum absolute atomic E-state index is 0.0187. The molecule has 6 heteroatoms. The molecule has 0 bridgehead atoms. The van der Waals surface area contributed by atoms with Crippen LogP contribution in [0.2, 0.25) is 0 Å². The van der Waals surface area contributed by atoms with Crippen molar-refractivity contribution in [3.63, 3.8) is 0 Å². The maximum absolute atomic E-state index is 12.1. The highest BCUT2D eigenvalue weighted by Crippen LogP contribution is 2.25. The molecule has 2 aliphatic rings. The molecule has 0 atom stereocenters. The van der Waals surface area contributed by atoms with Crippen LogP contribution < -0.4 is 5.73 Å². The SMILES string of the molecule is NC(=NOCC(=O)N1CCc2sccc2C1)C1CCCC1. The first kappa shape index (κ1) is 14.4. The summed E-state index contributed by atoms with van der Waals surface area (Å²) in [6, 6.07) is 2.09. The molecule has 1 amide bonds. The highest BCUT2D eigenvalue weighted by Gasteiger charge is 2.22. The molecule has 5 nitrogen and oxygen atoms in total. The number of hydrogen-bond donors (Lipinski definition) is 1. The van der Waals surface area contributed by atoms with Gasteiger partial charge in [0.15, 0.2) is 6.61 Å². The lowest BCUT2D eigenvalue weighted by Gasteiger charge is -2.26. The summed E-state index contributed by atoms with van der Waals surface area (Å²) in [6.07, 6.45) is 5.51. The van der Waals surface area contributed by atoms with E-state index in [0.717, 1.165) is 25.8 Å². The number of carbonyl (C=O) groups is 1. The van der Waals surface area contributed by atoms with E-state index in [0.29, 0.717) is 18.3 Å². The third kappa shape index (κ3) is 3.37. The number of amides is 1. The van der Waals surface area contributed by atoms with Crippen LogP contribution in [0.25, 0.3) is 0 Å². The van der Waals surface area contributed by atoms with Crippen molar-refractivity contribution < 1.29 is 9.63 Å². The van der Waals surface area contributed by atoms with Crippen LogP contribution in [0.1, 0.15) is 36.1 Å². The quantitative estimate of drug-likeness (QED) is 0.526. The molecular weight excluding hydrogens is 286 g/mol. The number of nitrogens with two attached hydrogens (primary N) is 1. The van der Waals surface area contributed by atoms with Crippen LogP contribution in [0.4, 0.5) is 0 Å². The van der Waals surface area contributed by atoms with Crippen LogP contribution in [-0.4, -0.2) is 29.8 Å². The summed E-state index contributed by atoms with van der Waals surface area (Å²) in [6.45, 7) is 1.42. The lowest BCUT2D eigenvalue weighted by atomic mass is 10.1. The Morgan fingerprint density at radius 3 is 3.10 bits per heavy atom. The molecule has 1 aromatic heterocycles. The number of thiophene rings is 1. The Morgan fingerprint density at radius 1 is 1.48 bits per heavy atom. The topological polar surface area (TPSA) is 67.9 Å². The van der Waals surface area contributed by atoms with Gasteiger partial charge in [-0.2, -0.15) is 0 Å². The lowest BCUT2D eigenvalue weighted by Crippen LogP contribution is -2.37. The van der Waals surface area contributed by atoms with E-state index in [2.05, 4.69) is 16.6 Å². The van der Waals surface area contributed by atoms with E-state index < -0.39 is 0 Å². The first-order valence-corrected chi connectivity index (χ1v) is 8.40. The molecule has 1 aromatic rings. The molecule has 0 radical (unpaired) electrons. The second-order valence-electron chi connectivity index (χ2n) is 5.71. The Morgan fingerprint density at radius 2 is 2.29 bits per heavy atom. The summed E-state index contributed by atoms with van der Waals surface area (Å²) in [5, 5.41) is 6.01. The van der Waals surface area contributed by atoms with Gasteiger partial charge in [0.2, 0.25) is 0 Å². The van der Waals surface area contributed by atoms with E-state index in [1.807, 2.05) is 4.90 Å². The fourth-order valence-electron chi connectivity index (χ4n) is 3.01.